The quantitative estimate of drug-likeness (QED) is 0.198. The van der Waals surface area contributed by atoms with Gasteiger partial charge >= 0.3 is 0 Å². The van der Waals surface area contributed by atoms with Gasteiger partial charge in [0.15, 0.2) is 23.3 Å². The summed E-state index contributed by atoms with van der Waals surface area (Å²) < 4.78 is 87.1. The van der Waals surface area contributed by atoms with Crippen LogP contribution in [0.1, 0.15) is 0 Å². The predicted octanol–water partition coefficient (Wildman–Crippen LogP) is 0.378. The highest BCUT2D eigenvalue weighted by molar-refractivity contribution is 7.94. The van der Waals surface area contributed by atoms with Crippen molar-refractivity contribution in [2.75, 3.05) is 0 Å². The van der Waals surface area contributed by atoms with Gasteiger partial charge in [-0.3, -0.25) is 5.04 Å². The Balaban J connectivity index is 3.56. The van der Waals surface area contributed by atoms with Gasteiger partial charge < -0.3 is 9.81 Å². The van der Waals surface area contributed by atoms with E-state index in [0.717, 1.165) is 0 Å². The van der Waals surface area contributed by atoms with E-state index in [1.54, 1.807) is 0 Å². The van der Waals surface area contributed by atoms with Crippen LogP contribution in [0.2, 0.25) is 0 Å². The fourth-order valence-corrected chi connectivity index (χ4v) is 1.97. The normalized spacial score (nSPS) is 11.9. The Morgan fingerprint density at radius 2 is 1.44 bits per heavy atom. The maximum absolute atomic E-state index is 13.1. The van der Waals surface area contributed by atoms with Crippen LogP contribution in [0.4, 0.5) is 17.6 Å². The SMILES string of the molecule is O=S(=O)([O-])c1c(F)c(F)c(SOO[O-])c(F)c1F. The molecule has 0 heterocycles. The van der Waals surface area contributed by atoms with Gasteiger partial charge in [0.2, 0.25) is 0 Å². The molecule has 1 aromatic rings. The van der Waals surface area contributed by atoms with E-state index < -0.39 is 55.2 Å². The smallest absolute Gasteiger partial charge is 0.180 e. The average molecular weight is 308 g/mol. The maximum Gasteiger partial charge on any atom is 0.180 e. The topological polar surface area (TPSA) is 98.7 Å². The molecule has 1 aromatic carbocycles. The minimum atomic E-state index is -5.77. The zero-order valence-corrected chi connectivity index (χ0v) is 9.41. The lowest BCUT2D eigenvalue weighted by Gasteiger charge is -2.13. The lowest BCUT2D eigenvalue weighted by atomic mass is 10.3. The maximum atomic E-state index is 13.1. The van der Waals surface area contributed by atoms with Crippen LogP contribution in [0.25, 0.3) is 0 Å². The van der Waals surface area contributed by atoms with Crippen LogP contribution < -0.4 is 5.26 Å². The summed E-state index contributed by atoms with van der Waals surface area (Å²) in [6.45, 7) is 0. The van der Waals surface area contributed by atoms with Crippen molar-refractivity contribution in [1.29, 1.82) is 0 Å². The van der Waals surface area contributed by atoms with Crippen molar-refractivity contribution < 1.29 is 45.2 Å². The van der Waals surface area contributed by atoms with Gasteiger partial charge in [0, 0.05) is 0 Å². The second-order valence-electron chi connectivity index (χ2n) is 2.59. The first-order valence-electron chi connectivity index (χ1n) is 3.66. The molecule has 12 heteroatoms. The van der Waals surface area contributed by atoms with E-state index >= 15 is 0 Å². The number of hydrogen-bond acceptors (Lipinski definition) is 7. The Bertz CT molecular complexity index is 545. The second-order valence-corrected chi connectivity index (χ2v) is 4.62. The molecular formula is C6F4O6S2-2. The fraction of sp³-hybridized carbons (Fsp3) is 0. The minimum absolute atomic E-state index is 0.540. The average Bonchev–Trinajstić information content (AvgIpc) is 2.25. The summed E-state index contributed by atoms with van der Waals surface area (Å²) >= 11 is -0.540. The molecule has 6 nitrogen and oxygen atoms in total. The summed E-state index contributed by atoms with van der Waals surface area (Å²) in [4.78, 5) is -3.82. The zero-order chi connectivity index (χ0) is 14.1. The van der Waals surface area contributed by atoms with Gasteiger partial charge in [-0.15, -0.1) is 0 Å². The molecule has 18 heavy (non-hydrogen) atoms. The first kappa shape index (κ1) is 15.1. The predicted molar refractivity (Wildman–Crippen MR) is 42.3 cm³/mol. The van der Waals surface area contributed by atoms with E-state index in [1.807, 2.05) is 0 Å². The van der Waals surface area contributed by atoms with Crippen LogP contribution in [0.5, 0.6) is 0 Å². The molecule has 0 radical (unpaired) electrons. The van der Waals surface area contributed by atoms with Crippen molar-refractivity contribution in [3.05, 3.63) is 23.3 Å². The summed E-state index contributed by atoms with van der Waals surface area (Å²) in [6, 6.07) is 0. The highest BCUT2D eigenvalue weighted by atomic mass is 32.2. The largest absolute Gasteiger partial charge is 0.744 e. The highest BCUT2D eigenvalue weighted by Gasteiger charge is 2.29. The van der Waals surface area contributed by atoms with Crippen LogP contribution >= 0.6 is 12.0 Å². The van der Waals surface area contributed by atoms with Crippen LogP contribution in [0, 0.1) is 23.3 Å². The Labute approximate surface area is 101 Å². The monoisotopic (exact) mass is 308 g/mol. The fourth-order valence-electron chi connectivity index (χ4n) is 0.932. The van der Waals surface area contributed by atoms with Gasteiger partial charge in [-0.1, -0.05) is 0 Å². The molecule has 0 amide bonds. The summed E-state index contributed by atoms with van der Waals surface area (Å²) in [7, 11) is -5.77. The first-order chi connectivity index (χ1) is 8.21. The molecule has 0 aromatic heterocycles. The molecule has 0 aliphatic heterocycles. The first-order valence-corrected chi connectivity index (χ1v) is 5.81. The third-order valence-electron chi connectivity index (χ3n) is 1.58. The summed E-state index contributed by atoms with van der Waals surface area (Å²) in [5, 5.41) is 12.1. The summed E-state index contributed by atoms with van der Waals surface area (Å²) in [5.74, 6) is -9.29. The molecule has 0 unspecified atom stereocenters. The van der Waals surface area contributed by atoms with E-state index in [-0.39, 0.29) is 0 Å². The molecule has 0 saturated heterocycles. The second kappa shape index (κ2) is 5.38. The van der Waals surface area contributed by atoms with Gasteiger partial charge in [-0.05, 0) is 0 Å². The molecule has 0 aliphatic carbocycles. The van der Waals surface area contributed by atoms with E-state index in [9.17, 15) is 35.8 Å². The molecule has 0 aliphatic rings. The molecule has 102 valence electrons. The molecule has 1 rings (SSSR count). The third kappa shape index (κ3) is 2.73. The van der Waals surface area contributed by atoms with Gasteiger partial charge in [0.05, 0.1) is 12.0 Å². The van der Waals surface area contributed by atoms with Gasteiger partial charge in [-0.2, -0.15) is 4.33 Å². The summed E-state index contributed by atoms with van der Waals surface area (Å²) in [6.07, 6.45) is 0. The molecule has 0 fully saturated rings. The lowest BCUT2D eigenvalue weighted by Crippen LogP contribution is -2.12. The van der Waals surface area contributed by atoms with Gasteiger partial charge in [-0.25, -0.2) is 26.0 Å². The molecular weight excluding hydrogens is 308 g/mol. The lowest BCUT2D eigenvalue weighted by molar-refractivity contribution is -0.777. The number of hydrogen-bond donors (Lipinski definition) is 0. The molecule has 0 N–H and O–H groups in total. The van der Waals surface area contributed by atoms with Crippen molar-refractivity contribution in [3.8, 4) is 0 Å². The Morgan fingerprint density at radius 3 is 1.78 bits per heavy atom. The van der Waals surface area contributed by atoms with E-state index in [1.165, 1.54) is 0 Å². The molecule has 0 bridgehead atoms. The number of halogens is 4. The van der Waals surface area contributed by atoms with Gasteiger partial charge in [0.25, 0.3) is 0 Å². The van der Waals surface area contributed by atoms with E-state index in [2.05, 4.69) is 9.37 Å². The van der Waals surface area contributed by atoms with Crippen molar-refractivity contribution >= 4 is 22.2 Å². The third-order valence-corrected chi connectivity index (χ3v) is 3.09. The van der Waals surface area contributed by atoms with Gasteiger partial charge in [0.1, 0.15) is 19.9 Å². The highest BCUT2D eigenvalue weighted by Crippen LogP contribution is 2.33. The van der Waals surface area contributed by atoms with Crippen LogP contribution in [-0.2, 0) is 19.5 Å². The summed E-state index contributed by atoms with van der Waals surface area (Å²) in [5.41, 5.74) is 0. The number of benzene rings is 1. The molecule has 0 saturated carbocycles. The van der Waals surface area contributed by atoms with Crippen LogP contribution in [0.15, 0.2) is 9.79 Å². The van der Waals surface area contributed by atoms with Crippen molar-refractivity contribution in [2.24, 2.45) is 0 Å². The Morgan fingerprint density at radius 1 is 1.00 bits per heavy atom. The van der Waals surface area contributed by atoms with Crippen LogP contribution in [-0.4, -0.2) is 13.0 Å². The Hall–Kier alpha value is -0.920. The Kier molecular flexibility index (Phi) is 4.52. The van der Waals surface area contributed by atoms with Crippen LogP contribution in [0.3, 0.4) is 0 Å². The standard InChI is InChI=1S/C6H2F4O6S2/c7-1-3(9)6(18(12,13)14)4(10)2(8)5(1)17-16-15-11/h11H,(H,12,13,14)/p-2. The molecule has 0 spiro atoms. The van der Waals surface area contributed by atoms with E-state index in [4.69, 9.17) is 0 Å². The van der Waals surface area contributed by atoms with Crippen molar-refractivity contribution in [3.63, 3.8) is 0 Å². The minimum Gasteiger partial charge on any atom is -0.744 e. The van der Waals surface area contributed by atoms with Crippen molar-refractivity contribution in [2.45, 2.75) is 9.79 Å². The van der Waals surface area contributed by atoms with Crippen molar-refractivity contribution in [1.82, 2.24) is 0 Å². The molecule has 0 atom stereocenters. The number of rotatable bonds is 4. The zero-order valence-electron chi connectivity index (χ0n) is 7.78. The van der Waals surface area contributed by atoms with E-state index in [0.29, 0.717) is 0 Å².